The number of nitrogens with one attached hydrogen (secondary N) is 1. The van der Waals surface area contributed by atoms with E-state index in [1.165, 1.54) is 6.33 Å². The van der Waals surface area contributed by atoms with Crippen LogP contribution < -0.4 is 5.32 Å². The SMILES string of the molecule is CC(Nc1ccc(C(F)(F)F)cc1[N+](=O)[O-])c1ccc(-n2cncn2)cc1. The lowest BCUT2D eigenvalue weighted by Gasteiger charge is -2.17. The molecule has 0 saturated heterocycles. The quantitative estimate of drug-likeness (QED) is 0.527. The molecule has 27 heavy (non-hydrogen) atoms. The first-order valence-electron chi connectivity index (χ1n) is 7.83. The van der Waals surface area contributed by atoms with E-state index in [1.807, 2.05) is 0 Å². The molecule has 0 amide bonds. The van der Waals surface area contributed by atoms with Crippen LogP contribution in [0.5, 0.6) is 0 Å². The molecule has 3 aromatic rings. The molecular formula is C17H14F3N5O2. The van der Waals surface area contributed by atoms with Gasteiger partial charge in [-0.1, -0.05) is 12.1 Å². The van der Waals surface area contributed by atoms with E-state index in [-0.39, 0.29) is 11.7 Å². The van der Waals surface area contributed by atoms with Crippen LogP contribution in [0.25, 0.3) is 5.69 Å². The lowest BCUT2D eigenvalue weighted by molar-refractivity contribution is -0.384. The van der Waals surface area contributed by atoms with Crippen molar-refractivity contribution in [2.24, 2.45) is 0 Å². The molecule has 0 saturated carbocycles. The van der Waals surface area contributed by atoms with Crippen LogP contribution in [0.2, 0.25) is 0 Å². The number of hydrogen-bond donors (Lipinski definition) is 1. The van der Waals surface area contributed by atoms with Crippen molar-refractivity contribution in [3.63, 3.8) is 0 Å². The van der Waals surface area contributed by atoms with Crippen molar-refractivity contribution in [1.29, 1.82) is 0 Å². The van der Waals surface area contributed by atoms with E-state index in [1.54, 1.807) is 42.2 Å². The summed E-state index contributed by atoms with van der Waals surface area (Å²) in [6.45, 7) is 1.76. The minimum atomic E-state index is -4.65. The van der Waals surface area contributed by atoms with Crippen LogP contribution in [0.15, 0.2) is 55.1 Å². The van der Waals surface area contributed by atoms with Gasteiger partial charge >= 0.3 is 6.18 Å². The van der Waals surface area contributed by atoms with Gasteiger partial charge in [-0.05, 0) is 36.8 Å². The van der Waals surface area contributed by atoms with E-state index in [0.29, 0.717) is 6.07 Å². The van der Waals surface area contributed by atoms with E-state index < -0.39 is 22.4 Å². The van der Waals surface area contributed by atoms with E-state index in [0.717, 1.165) is 23.4 Å². The number of anilines is 1. The third-order valence-corrected chi connectivity index (χ3v) is 3.97. The number of alkyl halides is 3. The van der Waals surface area contributed by atoms with Crippen LogP contribution in [-0.2, 0) is 6.18 Å². The molecule has 10 heteroatoms. The summed E-state index contributed by atoms with van der Waals surface area (Å²) in [5, 5.41) is 18.1. The molecule has 1 unspecified atom stereocenters. The summed E-state index contributed by atoms with van der Waals surface area (Å²) in [4.78, 5) is 14.2. The molecule has 0 fully saturated rings. The molecule has 7 nitrogen and oxygen atoms in total. The normalized spacial score (nSPS) is 12.6. The number of nitro benzene ring substituents is 1. The Hall–Kier alpha value is -3.43. The molecule has 0 bridgehead atoms. The first kappa shape index (κ1) is 18.4. The highest BCUT2D eigenvalue weighted by atomic mass is 19.4. The topological polar surface area (TPSA) is 85.9 Å². The van der Waals surface area contributed by atoms with Gasteiger partial charge in [0.15, 0.2) is 0 Å². The highest BCUT2D eigenvalue weighted by Gasteiger charge is 2.33. The molecule has 1 N–H and O–H groups in total. The number of nitro groups is 1. The van der Waals surface area contributed by atoms with Crippen LogP contribution in [0.1, 0.15) is 24.1 Å². The van der Waals surface area contributed by atoms with Crippen molar-refractivity contribution in [3.8, 4) is 5.69 Å². The molecule has 140 valence electrons. The van der Waals surface area contributed by atoms with Gasteiger partial charge in [0, 0.05) is 12.1 Å². The molecule has 3 rings (SSSR count). The predicted molar refractivity (Wildman–Crippen MR) is 91.5 cm³/mol. The number of hydrogen-bond acceptors (Lipinski definition) is 5. The van der Waals surface area contributed by atoms with Crippen LogP contribution in [0, 0.1) is 10.1 Å². The fourth-order valence-electron chi connectivity index (χ4n) is 2.55. The summed E-state index contributed by atoms with van der Waals surface area (Å²) in [5.41, 5.74) is -0.0987. The van der Waals surface area contributed by atoms with Crippen LogP contribution in [0.3, 0.4) is 0 Å². The number of halogens is 3. The first-order chi connectivity index (χ1) is 12.8. The predicted octanol–water partition coefficient (Wildman–Crippen LogP) is 4.37. The minimum absolute atomic E-state index is 0.0147. The molecule has 1 aromatic heterocycles. The zero-order chi connectivity index (χ0) is 19.6. The smallest absolute Gasteiger partial charge is 0.373 e. The maximum Gasteiger partial charge on any atom is 0.416 e. The third kappa shape index (κ3) is 4.05. The number of aromatic nitrogens is 3. The Morgan fingerprint density at radius 3 is 2.44 bits per heavy atom. The zero-order valence-electron chi connectivity index (χ0n) is 14.0. The molecule has 0 spiro atoms. The van der Waals surface area contributed by atoms with Gasteiger partial charge in [0.1, 0.15) is 18.3 Å². The molecule has 2 aromatic carbocycles. The van der Waals surface area contributed by atoms with E-state index in [4.69, 9.17) is 0 Å². The minimum Gasteiger partial charge on any atom is -0.373 e. The van der Waals surface area contributed by atoms with Gasteiger partial charge in [-0.3, -0.25) is 10.1 Å². The van der Waals surface area contributed by atoms with Gasteiger partial charge in [-0.15, -0.1) is 0 Å². The summed E-state index contributed by atoms with van der Waals surface area (Å²) in [6, 6.07) is 9.23. The second kappa shape index (κ2) is 7.06. The maximum atomic E-state index is 12.8. The first-order valence-corrected chi connectivity index (χ1v) is 7.83. The average Bonchev–Trinajstić information content (AvgIpc) is 3.15. The van der Waals surface area contributed by atoms with E-state index in [9.17, 15) is 23.3 Å². The summed E-state index contributed by atoms with van der Waals surface area (Å²) in [7, 11) is 0. The van der Waals surface area contributed by atoms with Gasteiger partial charge in [0.25, 0.3) is 5.69 Å². The molecular weight excluding hydrogens is 363 g/mol. The fraction of sp³-hybridized carbons (Fsp3) is 0.176. The zero-order valence-corrected chi connectivity index (χ0v) is 14.0. The Balaban J connectivity index is 1.83. The lowest BCUT2D eigenvalue weighted by Crippen LogP contribution is -2.11. The average molecular weight is 377 g/mol. The van der Waals surface area contributed by atoms with Gasteiger partial charge in [0.05, 0.1) is 16.2 Å². The number of rotatable bonds is 5. The second-order valence-electron chi connectivity index (χ2n) is 5.78. The summed E-state index contributed by atoms with van der Waals surface area (Å²) >= 11 is 0. The van der Waals surface area contributed by atoms with Crippen LogP contribution in [-0.4, -0.2) is 19.7 Å². The molecule has 1 atom stereocenters. The number of benzene rings is 2. The Labute approximate surface area is 151 Å². The Morgan fingerprint density at radius 1 is 1.19 bits per heavy atom. The van der Waals surface area contributed by atoms with E-state index >= 15 is 0 Å². The second-order valence-corrected chi connectivity index (χ2v) is 5.78. The summed E-state index contributed by atoms with van der Waals surface area (Å²) in [5.74, 6) is 0. The monoisotopic (exact) mass is 377 g/mol. The van der Waals surface area contributed by atoms with Crippen molar-refractivity contribution in [2.75, 3.05) is 5.32 Å². The van der Waals surface area contributed by atoms with Crippen molar-refractivity contribution < 1.29 is 18.1 Å². The molecule has 0 radical (unpaired) electrons. The largest absolute Gasteiger partial charge is 0.416 e. The van der Waals surface area contributed by atoms with Gasteiger partial charge in [0.2, 0.25) is 0 Å². The Bertz CT molecular complexity index is 940. The highest BCUT2D eigenvalue weighted by Crippen LogP contribution is 2.36. The van der Waals surface area contributed by atoms with Crippen LogP contribution in [0.4, 0.5) is 24.5 Å². The standard InChI is InChI=1S/C17H14F3N5O2/c1-11(12-2-5-14(6-3-12)24-10-21-9-22-24)23-15-7-4-13(17(18,19)20)8-16(15)25(26)27/h2-11,23H,1H3. The Morgan fingerprint density at radius 2 is 1.89 bits per heavy atom. The van der Waals surface area contributed by atoms with E-state index in [2.05, 4.69) is 15.4 Å². The number of nitrogens with zero attached hydrogens (tertiary/aromatic N) is 4. The van der Waals surface area contributed by atoms with Crippen LogP contribution >= 0.6 is 0 Å². The summed E-state index contributed by atoms with van der Waals surface area (Å²) in [6.07, 6.45) is -1.70. The molecule has 1 heterocycles. The molecule has 0 aliphatic rings. The summed E-state index contributed by atoms with van der Waals surface area (Å²) < 4.78 is 39.9. The molecule has 0 aliphatic heterocycles. The molecule has 0 aliphatic carbocycles. The highest BCUT2D eigenvalue weighted by molar-refractivity contribution is 5.63. The van der Waals surface area contributed by atoms with Crippen molar-refractivity contribution in [2.45, 2.75) is 19.1 Å². The third-order valence-electron chi connectivity index (χ3n) is 3.97. The van der Waals surface area contributed by atoms with Crippen molar-refractivity contribution in [3.05, 3.63) is 76.4 Å². The van der Waals surface area contributed by atoms with Crippen molar-refractivity contribution >= 4 is 11.4 Å². The fourth-order valence-corrected chi connectivity index (χ4v) is 2.55. The maximum absolute atomic E-state index is 12.8. The van der Waals surface area contributed by atoms with Gasteiger partial charge in [-0.2, -0.15) is 18.3 Å². The lowest BCUT2D eigenvalue weighted by atomic mass is 10.1. The van der Waals surface area contributed by atoms with Gasteiger partial charge in [-0.25, -0.2) is 9.67 Å². The van der Waals surface area contributed by atoms with Gasteiger partial charge < -0.3 is 5.32 Å². The van der Waals surface area contributed by atoms with Crippen molar-refractivity contribution in [1.82, 2.24) is 14.8 Å². The Kier molecular flexibility index (Phi) is 4.80.